The van der Waals surface area contributed by atoms with E-state index in [4.69, 9.17) is 0 Å². The van der Waals surface area contributed by atoms with Gasteiger partial charge in [-0.3, -0.25) is 4.79 Å². The van der Waals surface area contributed by atoms with Crippen molar-refractivity contribution < 1.29 is 0 Å². The molecular formula is C9H14N2O. The smallest absolute Gasteiger partial charge is 0.186 e. The molecule has 0 aliphatic rings. The molecule has 12 heavy (non-hydrogen) atoms. The van der Waals surface area contributed by atoms with E-state index in [-0.39, 0.29) is 11.5 Å². The third-order valence-electron chi connectivity index (χ3n) is 2.08. The Morgan fingerprint density at radius 1 is 1.50 bits per heavy atom. The molecule has 0 radical (unpaired) electrons. The number of hydrogen-bond donors (Lipinski definition) is 1. The minimum Gasteiger partial charge on any atom is -0.367 e. The highest BCUT2D eigenvalue weighted by atomic mass is 16.1. The molecule has 0 aliphatic carbocycles. The Labute approximate surface area is 72.0 Å². The van der Waals surface area contributed by atoms with E-state index in [0.717, 1.165) is 5.56 Å². The van der Waals surface area contributed by atoms with Crippen LogP contribution in [0.1, 0.15) is 18.5 Å². The average Bonchev–Trinajstić information content (AvgIpc) is 2.04. The van der Waals surface area contributed by atoms with Crippen molar-refractivity contribution >= 4 is 0 Å². The van der Waals surface area contributed by atoms with Gasteiger partial charge in [-0.1, -0.05) is 0 Å². The van der Waals surface area contributed by atoms with Crippen LogP contribution in [0.2, 0.25) is 0 Å². The highest BCUT2D eigenvalue weighted by Gasteiger charge is 2.09. The van der Waals surface area contributed by atoms with Crippen LogP contribution in [0.3, 0.4) is 0 Å². The van der Waals surface area contributed by atoms with Gasteiger partial charge in [0.25, 0.3) is 0 Å². The van der Waals surface area contributed by atoms with Gasteiger partial charge in [0.05, 0.1) is 0 Å². The Balaban J connectivity index is 3.03. The molecule has 1 aromatic rings. The van der Waals surface area contributed by atoms with Crippen molar-refractivity contribution in [3.63, 3.8) is 0 Å². The number of hydrogen-bond acceptors (Lipinski definition) is 2. The summed E-state index contributed by atoms with van der Waals surface area (Å²) in [4.78, 5) is 16.2. The summed E-state index contributed by atoms with van der Waals surface area (Å²) in [5, 5.41) is 0. The predicted molar refractivity (Wildman–Crippen MR) is 49.2 cm³/mol. The zero-order chi connectivity index (χ0) is 9.14. The molecule has 0 amide bonds. The van der Waals surface area contributed by atoms with E-state index in [1.165, 1.54) is 0 Å². The summed E-state index contributed by atoms with van der Waals surface area (Å²) in [7, 11) is 3.91. The van der Waals surface area contributed by atoms with Crippen LogP contribution in [-0.4, -0.2) is 24.0 Å². The Hall–Kier alpha value is -1.09. The van der Waals surface area contributed by atoms with E-state index in [0.29, 0.717) is 0 Å². The van der Waals surface area contributed by atoms with Crippen LogP contribution in [0.4, 0.5) is 0 Å². The van der Waals surface area contributed by atoms with Gasteiger partial charge < -0.3 is 9.88 Å². The number of aromatic nitrogens is 1. The fourth-order valence-corrected chi connectivity index (χ4v) is 1.03. The van der Waals surface area contributed by atoms with Crippen LogP contribution in [0.25, 0.3) is 0 Å². The van der Waals surface area contributed by atoms with Gasteiger partial charge in [-0.15, -0.1) is 0 Å². The number of aromatic amines is 1. The molecule has 0 bridgehead atoms. The molecular weight excluding hydrogens is 152 g/mol. The molecule has 1 heterocycles. The molecule has 1 atom stereocenters. The molecule has 66 valence electrons. The molecule has 1 N–H and O–H groups in total. The first-order valence-electron chi connectivity index (χ1n) is 3.96. The average molecular weight is 166 g/mol. The zero-order valence-corrected chi connectivity index (χ0v) is 7.66. The molecule has 0 spiro atoms. The quantitative estimate of drug-likeness (QED) is 0.711. The van der Waals surface area contributed by atoms with Crippen LogP contribution in [0.5, 0.6) is 0 Å². The summed E-state index contributed by atoms with van der Waals surface area (Å²) in [6.07, 6.45) is 3.40. The Morgan fingerprint density at radius 3 is 2.67 bits per heavy atom. The third-order valence-corrected chi connectivity index (χ3v) is 2.08. The van der Waals surface area contributed by atoms with Gasteiger partial charge >= 0.3 is 0 Å². The normalized spacial score (nSPS) is 13.3. The maximum atomic E-state index is 11.3. The number of pyridine rings is 1. The van der Waals surface area contributed by atoms with Crippen molar-refractivity contribution in [2.24, 2.45) is 0 Å². The summed E-state index contributed by atoms with van der Waals surface area (Å²) >= 11 is 0. The SMILES string of the molecule is CC(c1c[nH]ccc1=O)N(C)C. The molecule has 1 aromatic heterocycles. The molecule has 0 aromatic carbocycles. The van der Waals surface area contributed by atoms with Crippen molar-refractivity contribution in [3.8, 4) is 0 Å². The Morgan fingerprint density at radius 2 is 2.17 bits per heavy atom. The second kappa shape index (κ2) is 3.54. The lowest BCUT2D eigenvalue weighted by molar-refractivity contribution is 0.319. The molecule has 0 saturated heterocycles. The van der Waals surface area contributed by atoms with Crippen molar-refractivity contribution in [2.45, 2.75) is 13.0 Å². The van der Waals surface area contributed by atoms with Crippen molar-refractivity contribution in [2.75, 3.05) is 14.1 Å². The molecule has 1 rings (SSSR count). The molecule has 0 fully saturated rings. The first-order valence-corrected chi connectivity index (χ1v) is 3.96. The third kappa shape index (κ3) is 1.74. The van der Waals surface area contributed by atoms with Crippen LogP contribution < -0.4 is 5.43 Å². The van der Waals surface area contributed by atoms with E-state index in [1.54, 1.807) is 18.5 Å². The largest absolute Gasteiger partial charge is 0.367 e. The highest BCUT2D eigenvalue weighted by Crippen LogP contribution is 2.10. The Bertz CT molecular complexity index is 303. The standard InChI is InChI=1S/C9H14N2O/c1-7(11(2)3)8-6-10-5-4-9(8)12/h4-7H,1-3H3,(H,10,12). The minimum absolute atomic E-state index is 0.0925. The lowest BCUT2D eigenvalue weighted by Gasteiger charge is -2.18. The highest BCUT2D eigenvalue weighted by molar-refractivity contribution is 5.13. The Kier molecular flexibility index (Phi) is 2.65. The molecule has 0 aliphatic heterocycles. The molecule has 3 heteroatoms. The maximum absolute atomic E-state index is 11.3. The molecule has 3 nitrogen and oxygen atoms in total. The lowest BCUT2D eigenvalue weighted by atomic mass is 10.1. The fourth-order valence-electron chi connectivity index (χ4n) is 1.03. The van der Waals surface area contributed by atoms with Crippen LogP contribution in [0, 0.1) is 0 Å². The second-order valence-corrected chi connectivity index (χ2v) is 3.10. The van der Waals surface area contributed by atoms with Crippen molar-refractivity contribution in [3.05, 3.63) is 34.2 Å². The number of nitrogens with zero attached hydrogens (tertiary/aromatic N) is 1. The van der Waals surface area contributed by atoms with Gasteiger partial charge in [0.2, 0.25) is 0 Å². The van der Waals surface area contributed by atoms with Gasteiger partial charge in [0.15, 0.2) is 5.43 Å². The second-order valence-electron chi connectivity index (χ2n) is 3.10. The van der Waals surface area contributed by atoms with Gasteiger partial charge in [-0.2, -0.15) is 0 Å². The van der Waals surface area contributed by atoms with E-state index < -0.39 is 0 Å². The number of nitrogens with one attached hydrogen (secondary N) is 1. The van der Waals surface area contributed by atoms with Gasteiger partial charge in [0, 0.05) is 30.1 Å². The predicted octanol–water partition coefficient (Wildman–Crippen LogP) is 0.997. The van der Waals surface area contributed by atoms with Crippen LogP contribution in [0.15, 0.2) is 23.3 Å². The summed E-state index contributed by atoms with van der Waals surface area (Å²) in [6, 6.07) is 1.71. The monoisotopic (exact) mass is 166 g/mol. The van der Waals surface area contributed by atoms with E-state index in [9.17, 15) is 4.79 Å². The topological polar surface area (TPSA) is 36.1 Å². The van der Waals surface area contributed by atoms with Crippen LogP contribution in [-0.2, 0) is 0 Å². The van der Waals surface area contributed by atoms with Crippen molar-refractivity contribution in [1.82, 2.24) is 9.88 Å². The summed E-state index contributed by atoms with van der Waals surface area (Å²) in [6.45, 7) is 2.00. The number of H-pyrrole nitrogens is 1. The van der Waals surface area contributed by atoms with E-state index in [2.05, 4.69) is 4.98 Å². The minimum atomic E-state index is 0.0925. The molecule has 0 saturated carbocycles. The molecule has 1 unspecified atom stereocenters. The van der Waals surface area contributed by atoms with E-state index >= 15 is 0 Å². The first-order chi connectivity index (χ1) is 5.63. The van der Waals surface area contributed by atoms with Gasteiger partial charge in [-0.05, 0) is 21.0 Å². The summed E-state index contributed by atoms with van der Waals surface area (Å²) < 4.78 is 0. The van der Waals surface area contributed by atoms with Crippen LogP contribution >= 0.6 is 0 Å². The summed E-state index contributed by atoms with van der Waals surface area (Å²) in [5.41, 5.74) is 0.900. The first kappa shape index (κ1) is 9.00. The summed E-state index contributed by atoms with van der Waals surface area (Å²) in [5.74, 6) is 0. The van der Waals surface area contributed by atoms with Crippen molar-refractivity contribution in [1.29, 1.82) is 0 Å². The maximum Gasteiger partial charge on any atom is 0.186 e. The zero-order valence-electron chi connectivity index (χ0n) is 7.66. The van der Waals surface area contributed by atoms with Gasteiger partial charge in [0.1, 0.15) is 0 Å². The lowest BCUT2D eigenvalue weighted by Crippen LogP contribution is -2.22. The fraction of sp³-hybridized carbons (Fsp3) is 0.444. The van der Waals surface area contributed by atoms with E-state index in [1.807, 2.05) is 25.9 Å². The number of rotatable bonds is 2. The van der Waals surface area contributed by atoms with Gasteiger partial charge in [-0.25, -0.2) is 0 Å².